The maximum Gasteiger partial charge on any atom is 0.232 e. The van der Waals surface area contributed by atoms with Gasteiger partial charge in [0, 0.05) is 24.5 Å². The summed E-state index contributed by atoms with van der Waals surface area (Å²) in [6.45, 7) is 5.26. The third kappa shape index (κ3) is 2.30. The molecule has 2 N–H and O–H groups in total. The normalized spacial score (nSPS) is 15.9. The fraction of sp³-hybridized carbons (Fsp3) is 0.500. The van der Waals surface area contributed by atoms with Crippen LogP contribution in [0, 0.1) is 19.8 Å². The average Bonchev–Trinajstić information content (AvgIpc) is 1.96. The minimum Gasteiger partial charge on any atom is -0.315 e. The van der Waals surface area contributed by atoms with Gasteiger partial charge in [0.2, 0.25) is 11.9 Å². The summed E-state index contributed by atoms with van der Waals surface area (Å²) in [7, 11) is 0. The number of aryl methyl sites for hydroxylation is 2. The number of hydrogen-bond acceptors (Lipinski definition) is 4. The molecule has 0 aromatic carbocycles. The van der Waals surface area contributed by atoms with Gasteiger partial charge in [-0.2, -0.15) is 0 Å². The van der Waals surface area contributed by atoms with Crippen LogP contribution in [0.15, 0.2) is 6.07 Å². The number of amides is 1. The van der Waals surface area contributed by atoms with Crippen LogP contribution in [0.3, 0.4) is 0 Å². The molecule has 5 nitrogen and oxygen atoms in total. The first kappa shape index (κ1) is 10.0. The molecular formula is C10H14N4O. The van der Waals surface area contributed by atoms with E-state index in [9.17, 15) is 4.79 Å². The first-order valence-electron chi connectivity index (χ1n) is 4.99. The largest absolute Gasteiger partial charge is 0.315 e. The standard InChI is InChI=1S/C10H14N4O/c1-6-3-7(2)13-10(12-6)14-9(15)8-4-11-5-8/h3,8,11H,4-5H2,1-2H3,(H,12,13,14,15). The number of carbonyl (C=O) groups excluding carboxylic acids is 1. The Morgan fingerprint density at radius 1 is 1.40 bits per heavy atom. The highest BCUT2D eigenvalue weighted by Crippen LogP contribution is 2.08. The van der Waals surface area contributed by atoms with E-state index in [1.54, 1.807) is 0 Å². The van der Waals surface area contributed by atoms with Crippen molar-refractivity contribution in [2.24, 2.45) is 5.92 Å². The van der Waals surface area contributed by atoms with Gasteiger partial charge in [-0.25, -0.2) is 9.97 Å². The molecule has 1 amide bonds. The van der Waals surface area contributed by atoms with Crippen LogP contribution < -0.4 is 10.6 Å². The molecule has 15 heavy (non-hydrogen) atoms. The molecule has 0 saturated carbocycles. The zero-order chi connectivity index (χ0) is 10.8. The first-order chi connectivity index (χ1) is 7.15. The number of aromatic nitrogens is 2. The summed E-state index contributed by atoms with van der Waals surface area (Å²) in [6, 6.07) is 1.88. The molecule has 0 bridgehead atoms. The zero-order valence-electron chi connectivity index (χ0n) is 8.87. The Labute approximate surface area is 88.3 Å². The lowest BCUT2D eigenvalue weighted by molar-refractivity contribution is -0.121. The Morgan fingerprint density at radius 3 is 2.47 bits per heavy atom. The van der Waals surface area contributed by atoms with Gasteiger partial charge in [0.1, 0.15) is 0 Å². The predicted octanol–water partition coefficient (Wildman–Crippen LogP) is 0.251. The van der Waals surface area contributed by atoms with Crippen LogP contribution in [0.1, 0.15) is 11.4 Å². The van der Waals surface area contributed by atoms with Gasteiger partial charge in [-0.05, 0) is 19.9 Å². The molecule has 1 aliphatic rings. The molecule has 0 spiro atoms. The van der Waals surface area contributed by atoms with Gasteiger partial charge in [-0.1, -0.05) is 0 Å². The monoisotopic (exact) mass is 206 g/mol. The van der Waals surface area contributed by atoms with Crippen molar-refractivity contribution >= 4 is 11.9 Å². The van der Waals surface area contributed by atoms with E-state index in [2.05, 4.69) is 20.6 Å². The van der Waals surface area contributed by atoms with Crippen molar-refractivity contribution in [2.45, 2.75) is 13.8 Å². The Morgan fingerprint density at radius 2 is 2.00 bits per heavy atom. The van der Waals surface area contributed by atoms with Gasteiger partial charge < -0.3 is 5.32 Å². The summed E-state index contributed by atoms with van der Waals surface area (Å²) >= 11 is 0. The molecule has 1 aliphatic heterocycles. The number of anilines is 1. The molecule has 2 rings (SSSR count). The molecule has 0 atom stereocenters. The summed E-state index contributed by atoms with van der Waals surface area (Å²) in [5.41, 5.74) is 1.73. The first-order valence-corrected chi connectivity index (χ1v) is 4.99. The lowest BCUT2D eigenvalue weighted by Crippen LogP contribution is -2.48. The highest BCUT2D eigenvalue weighted by atomic mass is 16.2. The molecule has 5 heteroatoms. The van der Waals surface area contributed by atoms with E-state index in [-0.39, 0.29) is 11.8 Å². The third-order valence-corrected chi connectivity index (χ3v) is 2.37. The van der Waals surface area contributed by atoms with Gasteiger partial charge in [0.05, 0.1) is 5.92 Å². The summed E-state index contributed by atoms with van der Waals surface area (Å²) in [4.78, 5) is 19.9. The molecule has 80 valence electrons. The number of nitrogens with zero attached hydrogens (tertiary/aromatic N) is 2. The lowest BCUT2D eigenvalue weighted by atomic mass is 10.0. The summed E-state index contributed by atoms with van der Waals surface area (Å²) in [5, 5.41) is 5.77. The molecular weight excluding hydrogens is 192 g/mol. The number of nitrogens with one attached hydrogen (secondary N) is 2. The summed E-state index contributed by atoms with van der Waals surface area (Å²) in [5.74, 6) is 0.470. The molecule has 0 aliphatic carbocycles. The molecule has 1 aromatic heterocycles. The van der Waals surface area contributed by atoms with Gasteiger partial charge in [0.25, 0.3) is 0 Å². The zero-order valence-corrected chi connectivity index (χ0v) is 8.87. The van der Waals surface area contributed by atoms with E-state index in [0.29, 0.717) is 5.95 Å². The maximum absolute atomic E-state index is 11.6. The number of carbonyl (C=O) groups is 1. The van der Waals surface area contributed by atoms with Crippen molar-refractivity contribution in [1.82, 2.24) is 15.3 Å². The molecule has 1 fully saturated rings. The topological polar surface area (TPSA) is 66.9 Å². The fourth-order valence-corrected chi connectivity index (χ4v) is 1.47. The van der Waals surface area contributed by atoms with Crippen molar-refractivity contribution in [3.05, 3.63) is 17.5 Å². The van der Waals surface area contributed by atoms with Crippen molar-refractivity contribution in [1.29, 1.82) is 0 Å². The lowest BCUT2D eigenvalue weighted by Gasteiger charge is -2.25. The molecule has 1 saturated heterocycles. The third-order valence-electron chi connectivity index (χ3n) is 2.37. The molecule has 2 heterocycles. The van der Waals surface area contributed by atoms with Crippen molar-refractivity contribution in [3.8, 4) is 0 Å². The van der Waals surface area contributed by atoms with Crippen LogP contribution in [0.25, 0.3) is 0 Å². The molecule has 0 radical (unpaired) electrons. The van der Waals surface area contributed by atoms with Gasteiger partial charge in [-0.3, -0.25) is 10.1 Å². The minimum absolute atomic E-state index is 0.00116. The van der Waals surface area contributed by atoms with E-state index >= 15 is 0 Å². The second-order valence-electron chi connectivity index (χ2n) is 3.82. The van der Waals surface area contributed by atoms with Crippen molar-refractivity contribution in [3.63, 3.8) is 0 Å². The quantitative estimate of drug-likeness (QED) is 0.728. The second-order valence-corrected chi connectivity index (χ2v) is 3.82. The Bertz CT molecular complexity index is 367. The van der Waals surface area contributed by atoms with Gasteiger partial charge in [0.15, 0.2) is 0 Å². The van der Waals surface area contributed by atoms with E-state index in [4.69, 9.17) is 0 Å². The molecule has 1 aromatic rings. The van der Waals surface area contributed by atoms with Gasteiger partial charge >= 0.3 is 0 Å². The van der Waals surface area contributed by atoms with Crippen molar-refractivity contribution < 1.29 is 4.79 Å². The van der Waals surface area contributed by atoms with Crippen LogP contribution in [-0.4, -0.2) is 29.0 Å². The number of rotatable bonds is 2. The highest BCUT2D eigenvalue weighted by molar-refractivity contribution is 5.91. The van der Waals surface area contributed by atoms with E-state index in [1.165, 1.54) is 0 Å². The Hall–Kier alpha value is -1.49. The van der Waals surface area contributed by atoms with Crippen LogP contribution >= 0.6 is 0 Å². The second kappa shape index (κ2) is 3.94. The Balaban J connectivity index is 2.06. The van der Waals surface area contributed by atoms with Crippen LogP contribution in [0.4, 0.5) is 5.95 Å². The smallest absolute Gasteiger partial charge is 0.232 e. The van der Waals surface area contributed by atoms with E-state index < -0.39 is 0 Å². The van der Waals surface area contributed by atoms with E-state index in [1.807, 2.05) is 19.9 Å². The molecule has 0 unspecified atom stereocenters. The maximum atomic E-state index is 11.6. The summed E-state index contributed by atoms with van der Waals surface area (Å²) < 4.78 is 0. The summed E-state index contributed by atoms with van der Waals surface area (Å²) in [6.07, 6.45) is 0. The van der Waals surface area contributed by atoms with Crippen molar-refractivity contribution in [2.75, 3.05) is 18.4 Å². The number of hydrogen-bond donors (Lipinski definition) is 2. The SMILES string of the molecule is Cc1cc(C)nc(NC(=O)C2CNC2)n1. The Kier molecular flexibility index (Phi) is 2.64. The van der Waals surface area contributed by atoms with Crippen LogP contribution in [0.2, 0.25) is 0 Å². The van der Waals surface area contributed by atoms with Crippen LogP contribution in [-0.2, 0) is 4.79 Å². The highest BCUT2D eigenvalue weighted by Gasteiger charge is 2.25. The van der Waals surface area contributed by atoms with Gasteiger partial charge in [-0.15, -0.1) is 0 Å². The predicted molar refractivity (Wildman–Crippen MR) is 56.5 cm³/mol. The minimum atomic E-state index is -0.00116. The average molecular weight is 206 g/mol. The van der Waals surface area contributed by atoms with Crippen LogP contribution in [0.5, 0.6) is 0 Å². The van der Waals surface area contributed by atoms with E-state index in [0.717, 1.165) is 24.5 Å². The fourth-order valence-electron chi connectivity index (χ4n) is 1.47.